The highest BCUT2D eigenvalue weighted by Crippen LogP contribution is 2.20. The topological polar surface area (TPSA) is 84.6 Å². The molecule has 0 aliphatic heterocycles. The summed E-state index contributed by atoms with van der Waals surface area (Å²) in [6, 6.07) is 9.62. The molecule has 0 aliphatic carbocycles. The van der Waals surface area contributed by atoms with Gasteiger partial charge in [0, 0.05) is 17.0 Å². The van der Waals surface area contributed by atoms with Gasteiger partial charge >= 0.3 is 0 Å². The molecule has 0 radical (unpaired) electrons. The molecule has 0 saturated carbocycles. The van der Waals surface area contributed by atoms with E-state index in [1.165, 1.54) is 23.5 Å². The summed E-state index contributed by atoms with van der Waals surface area (Å²) >= 11 is 4.83. The van der Waals surface area contributed by atoms with Crippen molar-refractivity contribution in [2.75, 3.05) is 0 Å². The first kappa shape index (κ1) is 15.3. The Balaban J connectivity index is 1.86. The molecule has 0 spiro atoms. The van der Waals surface area contributed by atoms with E-state index in [0.717, 1.165) is 8.66 Å². The van der Waals surface area contributed by atoms with Crippen molar-refractivity contribution in [3.05, 3.63) is 60.7 Å². The Labute approximate surface area is 132 Å². The van der Waals surface area contributed by atoms with Crippen LogP contribution >= 0.6 is 27.3 Å². The second-order valence-corrected chi connectivity index (χ2v) is 6.53. The number of nitrogens with zero attached hydrogens (tertiary/aromatic N) is 2. The van der Waals surface area contributed by atoms with Crippen LogP contribution in [0.5, 0.6) is 0 Å². The van der Waals surface area contributed by atoms with E-state index in [0.29, 0.717) is 5.56 Å². The number of non-ortho nitro benzene ring substituents is 1. The van der Waals surface area contributed by atoms with Crippen molar-refractivity contribution in [3.63, 3.8) is 0 Å². The molecule has 0 aliphatic rings. The van der Waals surface area contributed by atoms with E-state index in [2.05, 4.69) is 26.5 Å². The second-order valence-electron chi connectivity index (χ2n) is 4.04. The van der Waals surface area contributed by atoms with Crippen molar-refractivity contribution in [2.45, 2.75) is 6.42 Å². The molecule has 108 valence electrons. The number of benzene rings is 1. The summed E-state index contributed by atoms with van der Waals surface area (Å²) in [7, 11) is 0. The number of hydrazone groups is 1. The Kier molecular flexibility index (Phi) is 5.18. The third-order valence-corrected chi connectivity index (χ3v) is 4.05. The van der Waals surface area contributed by atoms with Crippen LogP contribution in [0.1, 0.15) is 10.4 Å². The van der Waals surface area contributed by atoms with Gasteiger partial charge in [0.25, 0.3) is 5.69 Å². The maximum atomic E-state index is 11.7. The van der Waals surface area contributed by atoms with Gasteiger partial charge in [-0.1, -0.05) is 12.1 Å². The number of carbonyl (C=O) groups is 1. The predicted molar refractivity (Wildman–Crippen MR) is 84.6 cm³/mol. The lowest BCUT2D eigenvalue weighted by atomic mass is 10.1. The van der Waals surface area contributed by atoms with Gasteiger partial charge in [-0.05, 0) is 33.6 Å². The van der Waals surface area contributed by atoms with Crippen LogP contribution in [0, 0.1) is 10.1 Å². The number of nitrogens with one attached hydrogen (secondary N) is 1. The SMILES string of the molecule is O=C(Cc1ccc([N+](=O)[O-])cc1)N/N=C/c1ccc(Br)s1. The van der Waals surface area contributed by atoms with E-state index in [-0.39, 0.29) is 18.0 Å². The Morgan fingerprint density at radius 3 is 2.62 bits per heavy atom. The summed E-state index contributed by atoms with van der Waals surface area (Å²) in [6.07, 6.45) is 1.67. The Hall–Kier alpha value is -2.06. The highest BCUT2D eigenvalue weighted by molar-refractivity contribution is 9.11. The van der Waals surface area contributed by atoms with Crippen LogP contribution < -0.4 is 5.43 Å². The first-order chi connectivity index (χ1) is 10.0. The van der Waals surface area contributed by atoms with Gasteiger partial charge in [0.15, 0.2) is 0 Å². The fourth-order valence-corrected chi connectivity index (χ4v) is 2.82. The molecular weight excluding hydrogens is 358 g/mol. The van der Waals surface area contributed by atoms with Crippen LogP contribution in [0.3, 0.4) is 0 Å². The average Bonchev–Trinajstić information content (AvgIpc) is 2.85. The van der Waals surface area contributed by atoms with Gasteiger partial charge in [-0.3, -0.25) is 14.9 Å². The molecule has 2 aromatic rings. The van der Waals surface area contributed by atoms with Gasteiger partial charge in [0.05, 0.1) is 21.3 Å². The van der Waals surface area contributed by atoms with Crippen molar-refractivity contribution in [1.82, 2.24) is 5.43 Å². The number of halogens is 1. The average molecular weight is 368 g/mol. The Morgan fingerprint density at radius 2 is 2.05 bits per heavy atom. The van der Waals surface area contributed by atoms with Crippen LogP contribution in [0.25, 0.3) is 0 Å². The number of carbonyl (C=O) groups excluding carboxylic acids is 1. The van der Waals surface area contributed by atoms with Crippen LogP contribution in [0.2, 0.25) is 0 Å². The van der Waals surface area contributed by atoms with Crippen LogP contribution in [-0.2, 0) is 11.2 Å². The van der Waals surface area contributed by atoms with Gasteiger partial charge in [0.1, 0.15) is 0 Å². The molecule has 6 nitrogen and oxygen atoms in total. The summed E-state index contributed by atoms with van der Waals surface area (Å²) in [5.74, 6) is -0.282. The second kappa shape index (κ2) is 7.09. The minimum atomic E-state index is -0.479. The highest BCUT2D eigenvalue weighted by Gasteiger charge is 2.06. The third-order valence-electron chi connectivity index (χ3n) is 2.49. The first-order valence-electron chi connectivity index (χ1n) is 5.85. The molecule has 0 fully saturated rings. The fourth-order valence-electron chi connectivity index (χ4n) is 1.53. The van der Waals surface area contributed by atoms with E-state index in [1.807, 2.05) is 12.1 Å². The smallest absolute Gasteiger partial charge is 0.269 e. The number of amides is 1. The molecule has 1 aromatic carbocycles. The molecule has 1 aromatic heterocycles. The molecule has 1 heterocycles. The lowest BCUT2D eigenvalue weighted by Crippen LogP contribution is -2.19. The molecule has 21 heavy (non-hydrogen) atoms. The van der Waals surface area contributed by atoms with E-state index in [1.54, 1.807) is 18.3 Å². The number of nitro benzene ring substituents is 1. The zero-order valence-corrected chi connectivity index (χ0v) is 13.1. The Bertz CT molecular complexity index is 682. The molecule has 0 saturated heterocycles. The molecule has 0 bridgehead atoms. The van der Waals surface area contributed by atoms with Crippen molar-refractivity contribution >= 4 is 45.1 Å². The number of hydrogen-bond acceptors (Lipinski definition) is 5. The quantitative estimate of drug-likeness (QED) is 0.500. The van der Waals surface area contributed by atoms with E-state index in [9.17, 15) is 14.9 Å². The van der Waals surface area contributed by atoms with Gasteiger partial charge in [-0.25, -0.2) is 5.43 Å². The highest BCUT2D eigenvalue weighted by atomic mass is 79.9. The number of nitro groups is 1. The van der Waals surface area contributed by atoms with E-state index >= 15 is 0 Å². The molecule has 2 rings (SSSR count). The summed E-state index contributed by atoms with van der Waals surface area (Å²) in [4.78, 5) is 22.6. The van der Waals surface area contributed by atoms with Gasteiger partial charge < -0.3 is 0 Å². The fraction of sp³-hybridized carbons (Fsp3) is 0.0769. The monoisotopic (exact) mass is 367 g/mol. The maximum absolute atomic E-state index is 11.7. The molecule has 0 atom stereocenters. The standard InChI is InChI=1S/C13H10BrN3O3S/c14-12-6-5-11(21-12)8-15-16-13(18)7-9-1-3-10(4-2-9)17(19)20/h1-6,8H,7H2,(H,16,18)/b15-8+. The van der Waals surface area contributed by atoms with Gasteiger partial charge in [-0.2, -0.15) is 5.10 Å². The summed E-state index contributed by atoms with van der Waals surface area (Å²) < 4.78 is 0.987. The zero-order chi connectivity index (χ0) is 15.2. The van der Waals surface area contributed by atoms with E-state index < -0.39 is 4.92 Å². The van der Waals surface area contributed by atoms with Gasteiger partial charge in [-0.15, -0.1) is 11.3 Å². The molecule has 8 heteroatoms. The molecular formula is C13H10BrN3O3S. The van der Waals surface area contributed by atoms with E-state index in [4.69, 9.17) is 0 Å². The molecule has 1 N–H and O–H groups in total. The third kappa shape index (κ3) is 4.76. The Morgan fingerprint density at radius 1 is 1.33 bits per heavy atom. The maximum Gasteiger partial charge on any atom is 0.269 e. The number of thiophene rings is 1. The number of hydrogen-bond donors (Lipinski definition) is 1. The van der Waals surface area contributed by atoms with Gasteiger partial charge in [0.2, 0.25) is 5.91 Å². The largest absolute Gasteiger partial charge is 0.273 e. The lowest BCUT2D eigenvalue weighted by molar-refractivity contribution is -0.384. The normalized spacial score (nSPS) is 10.7. The summed E-state index contributed by atoms with van der Waals surface area (Å²) in [5, 5.41) is 14.4. The van der Waals surface area contributed by atoms with Crippen molar-refractivity contribution in [3.8, 4) is 0 Å². The minimum Gasteiger partial charge on any atom is -0.273 e. The zero-order valence-electron chi connectivity index (χ0n) is 10.7. The van der Waals surface area contributed by atoms with Crippen LogP contribution in [-0.4, -0.2) is 17.0 Å². The first-order valence-corrected chi connectivity index (χ1v) is 7.46. The van der Waals surface area contributed by atoms with Crippen LogP contribution in [0.4, 0.5) is 5.69 Å². The predicted octanol–water partition coefficient (Wildman–Crippen LogP) is 3.11. The minimum absolute atomic E-state index is 0.000418. The molecule has 0 unspecified atom stereocenters. The molecule has 1 amide bonds. The van der Waals surface area contributed by atoms with Crippen LogP contribution in [0.15, 0.2) is 45.3 Å². The van der Waals surface area contributed by atoms with Crippen molar-refractivity contribution in [2.24, 2.45) is 5.10 Å². The van der Waals surface area contributed by atoms with Crippen molar-refractivity contribution < 1.29 is 9.72 Å². The lowest BCUT2D eigenvalue weighted by Gasteiger charge is -2.00. The van der Waals surface area contributed by atoms with Crippen molar-refractivity contribution in [1.29, 1.82) is 0 Å². The summed E-state index contributed by atoms with van der Waals surface area (Å²) in [5.41, 5.74) is 3.10. The summed E-state index contributed by atoms with van der Waals surface area (Å²) in [6.45, 7) is 0. The number of rotatable bonds is 5.